The van der Waals surface area contributed by atoms with Crippen molar-refractivity contribution in [1.29, 1.82) is 0 Å². The Morgan fingerprint density at radius 1 is 0.800 bits per heavy atom. The number of hydrogen-bond donors (Lipinski definition) is 2. The van der Waals surface area contributed by atoms with Crippen molar-refractivity contribution >= 4 is 5.97 Å². The molecule has 1 aromatic rings. The SMILES string of the molecule is CCCCCCOC(=O)CCCC(C)(C)c1cc(O)c(C(C)(C)CCCC)cc1O. The van der Waals surface area contributed by atoms with Gasteiger partial charge in [0.25, 0.3) is 0 Å². The minimum absolute atomic E-state index is 0.151. The van der Waals surface area contributed by atoms with E-state index in [1.807, 2.05) is 13.8 Å². The Hall–Kier alpha value is -1.71. The Morgan fingerprint density at radius 2 is 1.30 bits per heavy atom. The topological polar surface area (TPSA) is 66.8 Å². The third-order valence-electron chi connectivity index (χ3n) is 6.17. The van der Waals surface area contributed by atoms with Gasteiger partial charge in [-0.15, -0.1) is 0 Å². The highest BCUT2D eigenvalue weighted by Gasteiger charge is 2.29. The lowest BCUT2D eigenvalue weighted by molar-refractivity contribution is -0.143. The van der Waals surface area contributed by atoms with Crippen molar-refractivity contribution in [2.24, 2.45) is 0 Å². The molecule has 30 heavy (non-hydrogen) atoms. The number of benzene rings is 1. The summed E-state index contributed by atoms with van der Waals surface area (Å²) >= 11 is 0. The zero-order chi connectivity index (χ0) is 22.8. The molecule has 0 bridgehead atoms. The number of phenols is 2. The van der Waals surface area contributed by atoms with Gasteiger partial charge in [-0.25, -0.2) is 0 Å². The molecule has 172 valence electrons. The number of aromatic hydroxyl groups is 2. The maximum atomic E-state index is 11.9. The van der Waals surface area contributed by atoms with Gasteiger partial charge in [0.1, 0.15) is 11.5 Å². The average molecular weight is 421 g/mol. The number of carbonyl (C=O) groups excluding carboxylic acids is 1. The Bertz CT molecular complexity index is 661. The molecule has 4 nitrogen and oxygen atoms in total. The van der Waals surface area contributed by atoms with E-state index in [0.717, 1.165) is 49.7 Å². The van der Waals surface area contributed by atoms with Crippen molar-refractivity contribution in [3.8, 4) is 11.5 Å². The van der Waals surface area contributed by atoms with Crippen LogP contribution in [-0.4, -0.2) is 22.8 Å². The summed E-state index contributed by atoms with van der Waals surface area (Å²) in [4.78, 5) is 11.9. The lowest BCUT2D eigenvalue weighted by Gasteiger charge is -2.30. The van der Waals surface area contributed by atoms with Crippen LogP contribution in [0.2, 0.25) is 0 Å². The molecule has 0 aliphatic rings. The van der Waals surface area contributed by atoms with E-state index >= 15 is 0 Å². The number of hydrogen-bond acceptors (Lipinski definition) is 4. The highest BCUT2D eigenvalue weighted by atomic mass is 16.5. The molecule has 1 aromatic carbocycles. The van der Waals surface area contributed by atoms with E-state index in [-0.39, 0.29) is 28.3 Å². The maximum absolute atomic E-state index is 11.9. The van der Waals surface area contributed by atoms with Crippen LogP contribution in [0, 0.1) is 0 Å². The normalized spacial score (nSPS) is 12.2. The first kappa shape index (κ1) is 26.3. The second-order valence-electron chi connectivity index (χ2n) is 9.89. The molecule has 0 unspecified atom stereocenters. The Kier molecular flexibility index (Phi) is 10.7. The molecule has 0 aliphatic heterocycles. The van der Waals surface area contributed by atoms with E-state index in [9.17, 15) is 15.0 Å². The molecule has 0 heterocycles. The summed E-state index contributed by atoms with van der Waals surface area (Å²) in [6.07, 6.45) is 9.31. The second kappa shape index (κ2) is 12.2. The number of phenolic OH excluding ortho intramolecular Hbond substituents is 2. The Balaban J connectivity index is 2.69. The van der Waals surface area contributed by atoms with Gasteiger partial charge in [-0.1, -0.05) is 73.6 Å². The molecule has 0 atom stereocenters. The van der Waals surface area contributed by atoms with Gasteiger partial charge in [0.05, 0.1) is 6.61 Å². The van der Waals surface area contributed by atoms with Gasteiger partial charge in [-0.3, -0.25) is 4.79 Å². The molecule has 0 aliphatic carbocycles. The molecular formula is C26H44O4. The van der Waals surface area contributed by atoms with Crippen molar-refractivity contribution in [2.45, 2.75) is 117 Å². The molecule has 0 saturated heterocycles. The Labute approximate surface area is 184 Å². The molecule has 0 spiro atoms. The highest BCUT2D eigenvalue weighted by molar-refractivity contribution is 5.69. The van der Waals surface area contributed by atoms with Crippen LogP contribution in [0.15, 0.2) is 12.1 Å². The summed E-state index contributed by atoms with van der Waals surface area (Å²) in [5, 5.41) is 21.4. The summed E-state index contributed by atoms with van der Waals surface area (Å²) in [5.41, 5.74) is 0.971. The molecule has 4 heteroatoms. The van der Waals surface area contributed by atoms with Crippen molar-refractivity contribution < 1.29 is 19.7 Å². The minimum atomic E-state index is -0.352. The van der Waals surface area contributed by atoms with Crippen molar-refractivity contribution in [1.82, 2.24) is 0 Å². The van der Waals surface area contributed by atoms with Crippen LogP contribution in [-0.2, 0) is 20.4 Å². The summed E-state index contributed by atoms with van der Waals surface area (Å²) in [6.45, 7) is 13.1. The fourth-order valence-corrected chi connectivity index (χ4v) is 4.01. The number of carbonyl (C=O) groups is 1. The third kappa shape index (κ3) is 8.20. The number of ether oxygens (including phenoxy) is 1. The fourth-order valence-electron chi connectivity index (χ4n) is 4.01. The molecule has 0 amide bonds. The van der Waals surface area contributed by atoms with E-state index in [1.54, 1.807) is 12.1 Å². The molecule has 0 radical (unpaired) electrons. The number of esters is 1. The van der Waals surface area contributed by atoms with E-state index in [1.165, 1.54) is 12.8 Å². The van der Waals surface area contributed by atoms with Gasteiger partial charge in [0.2, 0.25) is 0 Å². The first-order valence-corrected chi connectivity index (χ1v) is 11.8. The lowest BCUT2D eigenvalue weighted by atomic mass is 9.75. The monoisotopic (exact) mass is 420 g/mol. The summed E-state index contributed by atoms with van der Waals surface area (Å²) < 4.78 is 5.31. The quantitative estimate of drug-likeness (QED) is 0.191. The van der Waals surface area contributed by atoms with Crippen molar-refractivity contribution in [2.75, 3.05) is 6.61 Å². The molecule has 0 aromatic heterocycles. The predicted molar refractivity (Wildman–Crippen MR) is 124 cm³/mol. The van der Waals surface area contributed by atoms with Crippen LogP contribution in [0.25, 0.3) is 0 Å². The predicted octanol–water partition coefficient (Wildman–Crippen LogP) is 7.14. The zero-order valence-corrected chi connectivity index (χ0v) is 20.1. The van der Waals surface area contributed by atoms with Gasteiger partial charge in [0, 0.05) is 17.5 Å². The van der Waals surface area contributed by atoms with Gasteiger partial charge in [-0.05, 0) is 48.6 Å². The summed E-state index contributed by atoms with van der Waals surface area (Å²) in [5.74, 6) is 0.307. The van der Waals surface area contributed by atoms with Gasteiger partial charge < -0.3 is 14.9 Å². The molecule has 2 N–H and O–H groups in total. The average Bonchev–Trinajstić information content (AvgIpc) is 2.67. The van der Waals surface area contributed by atoms with Crippen molar-refractivity contribution in [3.63, 3.8) is 0 Å². The van der Waals surface area contributed by atoms with Gasteiger partial charge in [0.15, 0.2) is 0 Å². The number of rotatable bonds is 14. The van der Waals surface area contributed by atoms with Crippen molar-refractivity contribution in [3.05, 3.63) is 23.3 Å². The highest BCUT2D eigenvalue weighted by Crippen LogP contribution is 2.43. The minimum Gasteiger partial charge on any atom is -0.508 e. The number of unbranched alkanes of at least 4 members (excludes halogenated alkanes) is 4. The van der Waals surface area contributed by atoms with E-state index in [2.05, 4.69) is 27.7 Å². The largest absolute Gasteiger partial charge is 0.508 e. The van der Waals surface area contributed by atoms with Gasteiger partial charge in [-0.2, -0.15) is 0 Å². The van der Waals surface area contributed by atoms with Crippen LogP contribution < -0.4 is 0 Å². The second-order valence-corrected chi connectivity index (χ2v) is 9.89. The van der Waals surface area contributed by atoms with Crippen LogP contribution in [0.5, 0.6) is 11.5 Å². The van der Waals surface area contributed by atoms with E-state index < -0.39 is 0 Å². The van der Waals surface area contributed by atoms with Crippen LogP contribution >= 0.6 is 0 Å². The molecule has 0 fully saturated rings. The summed E-state index contributed by atoms with van der Waals surface area (Å²) in [7, 11) is 0. The molecular weight excluding hydrogens is 376 g/mol. The fraction of sp³-hybridized carbons (Fsp3) is 0.731. The third-order valence-corrected chi connectivity index (χ3v) is 6.17. The van der Waals surface area contributed by atoms with Crippen LogP contribution in [0.1, 0.15) is 117 Å². The first-order valence-electron chi connectivity index (χ1n) is 11.8. The van der Waals surface area contributed by atoms with E-state index in [0.29, 0.717) is 19.4 Å². The lowest BCUT2D eigenvalue weighted by Crippen LogP contribution is -2.21. The smallest absolute Gasteiger partial charge is 0.305 e. The van der Waals surface area contributed by atoms with Crippen LogP contribution in [0.4, 0.5) is 0 Å². The first-order chi connectivity index (χ1) is 14.0. The molecule has 1 rings (SSSR count). The maximum Gasteiger partial charge on any atom is 0.305 e. The standard InChI is InChI=1S/C26H44O4/c1-7-9-11-12-17-30-24(29)14-13-16-26(5,6)21-19-22(27)20(18-23(21)28)25(3,4)15-10-8-2/h18-19,27-28H,7-17H2,1-6H3. The molecule has 0 saturated carbocycles. The van der Waals surface area contributed by atoms with Gasteiger partial charge >= 0.3 is 5.97 Å². The zero-order valence-electron chi connectivity index (χ0n) is 20.1. The van der Waals surface area contributed by atoms with Crippen LogP contribution in [0.3, 0.4) is 0 Å². The van der Waals surface area contributed by atoms with E-state index in [4.69, 9.17) is 4.74 Å². The summed E-state index contributed by atoms with van der Waals surface area (Å²) in [6, 6.07) is 3.44. The Morgan fingerprint density at radius 3 is 1.80 bits per heavy atom.